The molecule has 2 saturated carbocycles. The SMILES string of the molecule is CCNC(=NCC1CC1)NC1CCCCC1. The van der Waals surface area contributed by atoms with Gasteiger partial charge in [-0.05, 0) is 38.5 Å². The van der Waals surface area contributed by atoms with E-state index in [0.717, 1.165) is 25.0 Å². The van der Waals surface area contributed by atoms with Gasteiger partial charge in [-0.25, -0.2) is 0 Å². The lowest BCUT2D eigenvalue weighted by Crippen LogP contribution is -2.44. The summed E-state index contributed by atoms with van der Waals surface area (Å²) >= 11 is 0. The average molecular weight is 223 g/mol. The fraction of sp³-hybridized carbons (Fsp3) is 0.923. The predicted octanol–water partition coefficient (Wildman–Crippen LogP) is 2.28. The van der Waals surface area contributed by atoms with Crippen LogP contribution >= 0.6 is 0 Å². The minimum absolute atomic E-state index is 0.658. The number of aliphatic imine (C=N–C) groups is 1. The summed E-state index contributed by atoms with van der Waals surface area (Å²) in [4.78, 5) is 4.66. The number of hydrogen-bond donors (Lipinski definition) is 2. The van der Waals surface area contributed by atoms with E-state index in [-0.39, 0.29) is 0 Å². The first-order valence-electron chi connectivity index (χ1n) is 6.93. The molecular weight excluding hydrogens is 198 g/mol. The van der Waals surface area contributed by atoms with Gasteiger partial charge in [0.15, 0.2) is 5.96 Å². The summed E-state index contributed by atoms with van der Waals surface area (Å²) in [5, 5.41) is 6.93. The minimum atomic E-state index is 0.658. The van der Waals surface area contributed by atoms with Gasteiger partial charge >= 0.3 is 0 Å². The van der Waals surface area contributed by atoms with Gasteiger partial charge in [0.25, 0.3) is 0 Å². The highest BCUT2D eigenvalue weighted by Crippen LogP contribution is 2.28. The Morgan fingerprint density at radius 2 is 1.88 bits per heavy atom. The topological polar surface area (TPSA) is 36.4 Å². The van der Waals surface area contributed by atoms with Crippen molar-refractivity contribution >= 4 is 5.96 Å². The van der Waals surface area contributed by atoms with E-state index in [2.05, 4.69) is 22.5 Å². The highest BCUT2D eigenvalue weighted by molar-refractivity contribution is 5.80. The lowest BCUT2D eigenvalue weighted by Gasteiger charge is -2.24. The second kappa shape index (κ2) is 6.12. The van der Waals surface area contributed by atoms with E-state index in [4.69, 9.17) is 0 Å². The molecule has 0 atom stereocenters. The Morgan fingerprint density at radius 3 is 2.50 bits per heavy atom. The first-order valence-corrected chi connectivity index (χ1v) is 6.93. The number of guanidine groups is 1. The molecule has 16 heavy (non-hydrogen) atoms. The lowest BCUT2D eigenvalue weighted by molar-refractivity contribution is 0.410. The van der Waals surface area contributed by atoms with Crippen LogP contribution in [0.15, 0.2) is 4.99 Å². The van der Waals surface area contributed by atoms with Gasteiger partial charge in [0, 0.05) is 19.1 Å². The van der Waals surface area contributed by atoms with Gasteiger partial charge in [0.2, 0.25) is 0 Å². The van der Waals surface area contributed by atoms with Crippen LogP contribution in [-0.4, -0.2) is 25.1 Å². The summed E-state index contributed by atoms with van der Waals surface area (Å²) in [6, 6.07) is 0.658. The third kappa shape index (κ3) is 4.03. The quantitative estimate of drug-likeness (QED) is 0.566. The molecule has 2 fully saturated rings. The largest absolute Gasteiger partial charge is 0.357 e. The standard InChI is InChI=1S/C13H25N3/c1-2-14-13(15-10-11-8-9-11)16-12-6-4-3-5-7-12/h11-12H,2-10H2,1H3,(H2,14,15,16). The molecule has 3 nitrogen and oxygen atoms in total. The maximum atomic E-state index is 4.66. The average Bonchev–Trinajstić information content (AvgIpc) is 3.11. The normalized spacial score (nSPS) is 23.2. The molecule has 0 aromatic heterocycles. The van der Waals surface area contributed by atoms with Gasteiger partial charge in [-0.3, -0.25) is 4.99 Å². The second-order valence-corrected chi connectivity index (χ2v) is 5.14. The molecule has 2 aliphatic rings. The van der Waals surface area contributed by atoms with E-state index in [1.807, 2.05) is 0 Å². The lowest BCUT2D eigenvalue weighted by atomic mass is 9.96. The Labute approximate surface area is 99.1 Å². The van der Waals surface area contributed by atoms with E-state index < -0.39 is 0 Å². The Kier molecular flexibility index (Phi) is 4.49. The molecule has 2 rings (SSSR count). The van der Waals surface area contributed by atoms with Gasteiger partial charge in [-0.15, -0.1) is 0 Å². The number of rotatable bonds is 4. The zero-order valence-corrected chi connectivity index (χ0v) is 10.5. The van der Waals surface area contributed by atoms with Crippen LogP contribution in [0.2, 0.25) is 0 Å². The van der Waals surface area contributed by atoms with Crippen molar-refractivity contribution in [3.63, 3.8) is 0 Å². The third-order valence-corrected chi connectivity index (χ3v) is 3.49. The van der Waals surface area contributed by atoms with Crippen molar-refractivity contribution in [3.8, 4) is 0 Å². The van der Waals surface area contributed by atoms with Crippen molar-refractivity contribution in [3.05, 3.63) is 0 Å². The molecule has 2 aliphatic carbocycles. The second-order valence-electron chi connectivity index (χ2n) is 5.14. The molecule has 3 heteroatoms. The molecule has 0 spiro atoms. The maximum Gasteiger partial charge on any atom is 0.191 e. The number of nitrogens with one attached hydrogen (secondary N) is 2. The summed E-state index contributed by atoms with van der Waals surface area (Å²) < 4.78 is 0. The van der Waals surface area contributed by atoms with E-state index in [0.29, 0.717) is 6.04 Å². The Balaban J connectivity index is 1.77. The molecule has 92 valence electrons. The summed E-state index contributed by atoms with van der Waals surface area (Å²) in [5.41, 5.74) is 0. The predicted molar refractivity (Wildman–Crippen MR) is 68.7 cm³/mol. The molecule has 0 aromatic rings. The molecule has 0 unspecified atom stereocenters. The van der Waals surface area contributed by atoms with Crippen molar-refractivity contribution in [1.82, 2.24) is 10.6 Å². The Morgan fingerprint density at radius 1 is 1.12 bits per heavy atom. The summed E-state index contributed by atoms with van der Waals surface area (Å²) in [7, 11) is 0. The van der Waals surface area contributed by atoms with Crippen molar-refractivity contribution in [2.24, 2.45) is 10.9 Å². The fourth-order valence-corrected chi connectivity index (χ4v) is 2.28. The summed E-state index contributed by atoms with van der Waals surface area (Å²) in [6.45, 7) is 4.11. The third-order valence-electron chi connectivity index (χ3n) is 3.49. The molecule has 0 radical (unpaired) electrons. The first kappa shape index (κ1) is 11.7. The molecule has 0 amide bonds. The molecule has 0 saturated heterocycles. The van der Waals surface area contributed by atoms with E-state index in [1.54, 1.807) is 0 Å². The van der Waals surface area contributed by atoms with Crippen LogP contribution in [-0.2, 0) is 0 Å². The van der Waals surface area contributed by atoms with Crippen LogP contribution < -0.4 is 10.6 Å². The van der Waals surface area contributed by atoms with Crippen molar-refractivity contribution in [2.45, 2.75) is 57.9 Å². The smallest absolute Gasteiger partial charge is 0.191 e. The van der Waals surface area contributed by atoms with Crippen molar-refractivity contribution < 1.29 is 0 Å². The van der Waals surface area contributed by atoms with Gasteiger partial charge in [0.1, 0.15) is 0 Å². The van der Waals surface area contributed by atoms with Crippen LogP contribution in [0.25, 0.3) is 0 Å². The van der Waals surface area contributed by atoms with Gasteiger partial charge in [-0.2, -0.15) is 0 Å². The van der Waals surface area contributed by atoms with Crippen LogP contribution in [0.5, 0.6) is 0 Å². The minimum Gasteiger partial charge on any atom is -0.357 e. The first-order chi connectivity index (χ1) is 7.88. The van der Waals surface area contributed by atoms with Crippen LogP contribution in [0.3, 0.4) is 0 Å². The summed E-state index contributed by atoms with van der Waals surface area (Å²) in [6.07, 6.45) is 9.55. The molecule has 0 aromatic carbocycles. The maximum absolute atomic E-state index is 4.66. The van der Waals surface area contributed by atoms with E-state index in [1.165, 1.54) is 44.9 Å². The van der Waals surface area contributed by atoms with Gasteiger partial charge < -0.3 is 10.6 Å². The highest BCUT2D eigenvalue weighted by atomic mass is 15.2. The van der Waals surface area contributed by atoms with Gasteiger partial charge in [-0.1, -0.05) is 19.3 Å². The fourth-order valence-electron chi connectivity index (χ4n) is 2.28. The van der Waals surface area contributed by atoms with E-state index >= 15 is 0 Å². The number of hydrogen-bond acceptors (Lipinski definition) is 1. The van der Waals surface area contributed by atoms with E-state index in [9.17, 15) is 0 Å². The molecule has 0 heterocycles. The Hall–Kier alpha value is -0.730. The molecule has 0 bridgehead atoms. The highest BCUT2D eigenvalue weighted by Gasteiger charge is 2.21. The molecular formula is C13H25N3. The van der Waals surface area contributed by atoms with Crippen molar-refractivity contribution in [1.29, 1.82) is 0 Å². The zero-order valence-electron chi connectivity index (χ0n) is 10.5. The summed E-state index contributed by atoms with van der Waals surface area (Å²) in [5.74, 6) is 1.92. The van der Waals surface area contributed by atoms with Crippen molar-refractivity contribution in [2.75, 3.05) is 13.1 Å². The monoisotopic (exact) mass is 223 g/mol. The molecule has 0 aliphatic heterocycles. The Bertz CT molecular complexity index is 227. The number of nitrogens with zero attached hydrogens (tertiary/aromatic N) is 1. The van der Waals surface area contributed by atoms with Crippen LogP contribution in [0.1, 0.15) is 51.9 Å². The molecule has 2 N–H and O–H groups in total. The van der Waals surface area contributed by atoms with Gasteiger partial charge in [0.05, 0.1) is 0 Å². The zero-order chi connectivity index (χ0) is 11.2. The van der Waals surface area contributed by atoms with Crippen LogP contribution in [0.4, 0.5) is 0 Å². The van der Waals surface area contributed by atoms with Crippen LogP contribution in [0, 0.1) is 5.92 Å².